The van der Waals surface area contributed by atoms with E-state index in [2.05, 4.69) is 19.1 Å². The Hall–Kier alpha value is -1.05. The van der Waals surface area contributed by atoms with Gasteiger partial charge in [-0.3, -0.25) is 0 Å². The summed E-state index contributed by atoms with van der Waals surface area (Å²) in [5.74, 6) is 0.644. The van der Waals surface area contributed by atoms with Crippen molar-refractivity contribution in [3.05, 3.63) is 70.5 Å². The predicted molar refractivity (Wildman–Crippen MR) is 89.1 cm³/mol. The largest absolute Gasteiger partial charge is 0.207 e. The number of alkyl halides is 2. The Kier molecular flexibility index (Phi) is 5.29. The van der Waals surface area contributed by atoms with Crippen LogP contribution in [0.5, 0.6) is 0 Å². The van der Waals surface area contributed by atoms with Crippen LogP contribution < -0.4 is 0 Å². The fraction of sp³-hybridized carbons (Fsp3) is 0.333. The lowest BCUT2D eigenvalue weighted by Gasteiger charge is -2.32. The Morgan fingerprint density at radius 2 is 1.62 bits per heavy atom. The second-order valence-electron chi connectivity index (χ2n) is 5.61. The third-order valence-corrected chi connectivity index (χ3v) is 5.08. The standard InChI is InChI=1S/C18H19Cl2F/c1-13-5-3-4-6-17(13)18(11-19,12-20)10-15-7-8-16(21)9-14(15)2/h3-9H,10-12H2,1-2H3. The summed E-state index contributed by atoms with van der Waals surface area (Å²) < 4.78 is 13.3. The number of benzene rings is 2. The van der Waals surface area contributed by atoms with Gasteiger partial charge in [-0.05, 0) is 54.7 Å². The van der Waals surface area contributed by atoms with Crippen LogP contribution in [0.15, 0.2) is 42.5 Å². The summed E-state index contributed by atoms with van der Waals surface area (Å²) in [7, 11) is 0. The minimum Gasteiger partial charge on any atom is -0.207 e. The predicted octanol–water partition coefficient (Wildman–Crippen LogP) is 5.40. The Labute approximate surface area is 135 Å². The molecule has 0 fully saturated rings. The summed E-state index contributed by atoms with van der Waals surface area (Å²) in [5, 5.41) is 0. The van der Waals surface area contributed by atoms with Crippen LogP contribution in [-0.4, -0.2) is 11.8 Å². The zero-order chi connectivity index (χ0) is 15.5. The maximum absolute atomic E-state index is 13.3. The number of aryl methyl sites for hydroxylation is 2. The van der Waals surface area contributed by atoms with Crippen LogP contribution in [0.25, 0.3) is 0 Å². The van der Waals surface area contributed by atoms with Crippen molar-refractivity contribution in [3.8, 4) is 0 Å². The second kappa shape index (κ2) is 6.81. The van der Waals surface area contributed by atoms with Gasteiger partial charge in [-0.25, -0.2) is 4.39 Å². The summed E-state index contributed by atoms with van der Waals surface area (Å²) in [6.07, 6.45) is 0.705. The molecule has 0 N–H and O–H groups in total. The van der Waals surface area contributed by atoms with E-state index in [4.69, 9.17) is 23.2 Å². The Balaban J connectivity index is 2.46. The van der Waals surface area contributed by atoms with Crippen molar-refractivity contribution in [1.82, 2.24) is 0 Å². The Morgan fingerprint density at radius 1 is 0.952 bits per heavy atom. The fourth-order valence-corrected chi connectivity index (χ4v) is 3.52. The molecule has 2 aromatic rings. The van der Waals surface area contributed by atoms with Crippen molar-refractivity contribution in [1.29, 1.82) is 0 Å². The van der Waals surface area contributed by atoms with Crippen LogP contribution in [0, 0.1) is 19.7 Å². The zero-order valence-electron chi connectivity index (χ0n) is 12.3. The third kappa shape index (κ3) is 3.41. The van der Waals surface area contributed by atoms with Crippen LogP contribution in [-0.2, 0) is 11.8 Å². The van der Waals surface area contributed by atoms with E-state index in [-0.39, 0.29) is 11.2 Å². The fourth-order valence-electron chi connectivity index (χ4n) is 2.76. The second-order valence-corrected chi connectivity index (χ2v) is 6.14. The van der Waals surface area contributed by atoms with Gasteiger partial charge in [-0.2, -0.15) is 0 Å². The highest BCUT2D eigenvalue weighted by atomic mass is 35.5. The van der Waals surface area contributed by atoms with Gasteiger partial charge in [0.15, 0.2) is 0 Å². The van der Waals surface area contributed by atoms with E-state index < -0.39 is 0 Å². The molecule has 112 valence electrons. The molecule has 21 heavy (non-hydrogen) atoms. The highest BCUT2D eigenvalue weighted by molar-refractivity contribution is 6.22. The molecular formula is C18H19Cl2F. The molecule has 0 aromatic heterocycles. The molecule has 2 aromatic carbocycles. The van der Waals surface area contributed by atoms with E-state index in [1.807, 2.05) is 25.1 Å². The van der Waals surface area contributed by atoms with E-state index >= 15 is 0 Å². The maximum atomic E-state index is 13.3. The van der Waals surface area contributed by atoms with Crippen LogP contribution in [0.1, 0.15) is 22.3 Å². The van der Waals surface area contributed by atoms with Gasteiger partial charge in [0.2, 0.25) is 0 Å². The molecule has 2 rings (SSSR count). The first kappa shape index (κ1) is 16.3. The molecule has 0 nitrogen and oxygen atoms in total. The van der Waals surface area contributed by atoms with E-state index in [0.29, 0.717) is 18.2 Å². The highest BCUT2D eigenvalue weighted by Crippen LogP contribution is 2.34. The van der Waals surface area contributed by atoms with Gasteiger partial charge in [0, 0.05) is 17.2 Å². The summed E-state index contributed by atoms with van der Waals surface area (Å²) in [6.45, 7) is 3.99. The monoisotopic (exact) mass is 324 g/mol. The molecule has 3 heteroatoms. The van der Waals surface area contributed by atoms with Crippen LogP contribution >= 0.6 is 23.2 Å². The third-order valence-electron chi connectivity index (χ3n) is 4.06. The quantitative estimate of drug-likeness (QED) is 0.646. The molecule has 0 amide bonds. The van der Waals surface area contributed by atoms with Crippen molar-refractivity contribution in [2.75, 3.05) is 11.8 Å². The Bertz CT molecular complexity index is 618. The summed E-state index contributed by atoms with van der Waals surface area (Å²) in [6, 6.07) is 13.0. The lowest BCUT2D eigenvalue weighted by Crippen LogP contribution is -2.34. The first-order valence-electron chi connectivity index (χ1n) is 6.95. The van der Waals surface area contributed by atoms with Gasteiger partial charge in [-0.15, -0.1) is 23.2 Å². The lowest BCUT2D eigenvalue weighted by atomic mass is 9.76. The van der Waals surface area contributed by atoms with Crippen molar-refractivity contribution in [3.63, 3.8) is 0 Å². The topological polar surface area (TPSA) is 0 Å². The smallest absolute Gasteiger partial charge is 0.123 e. The van der Waals surface area contributed by atoms with Crippen molar-refractivity contribution in [2.24, 2.45) is 0 Å². The van der Waals surface area contributed by atoms with Crippen molar-refractivity contribution >= 4 is 23.2 Å². The summed E-state index contributed by atoms with van der Waals surface area (Å²) >= 11 is 12.6. The highest BCUT2D eigenvalue weighted by Gasteiger charge is 2.32. The number of hydrogen-bond acceptors (Lipinski definition) is 0. The molecular weight excluding hydrogens is 306 g/mol. The van der Waals surface area contributed by atoms with Gasteiger partial charge in [0.25, 0.3) is 0 Å². The zero-order valence-corrected chi connectivity index (χ0v) is 13.8. The van der Waals surface area contributed by atoms with Crippen LogP contribution in [0.4, 0.5) is 4.39 Å². The number of hydrogen-bond donors (Lipinski definition) is 0. The normalized spacial score (nSPS) is 11.7. The minimum atomic E-state index is -0.336. The molecule has 0 spiro atoms. The molecule has 0 saturated heterocycles. The SMILES string of the molecule is Cc1cc(F)ccc1CC(CCl)(CCl)c1ccccc1C. The van der Waals surface area contributed by atoms with Crippen molar-refractivity contribution < 1.29 is 4.39 Å². The molecule has 0 radical (unpaired) electrons. The molecule has 0 aliphatic heterocycles. The first-order valence-corrected chi connectivity index (χ1v) is 8.02. The first-order chi connectivity index (χ1) is 10.0. The minimum absolute atomic E-state index is 0.213. The average molecular weight is 325 g/mol. The van der Waals surface area contributed by atoms with Gasteiger partial charge in [0.05, 0.1) is 0 Å². The summed E-state index contributed by atoms with van der Waals surface area (Å²) in [4.78, 5) is 0. The number of halogens is 3. The summed E-state index contributed by atoms with van der Waals surface area (Å²) in [5.41, 5.74) is 4.03. The van der Waals surface area contributed by atoms with Gasteiger partial charge < -0.3 is 0 Å². The average Bonchev–Trinajstić information content (AvgIpc) is 2.48. The maximum Gasteiger partial charge on any atom is 0.123 e. The lowest BCUT2D eigenvalue weighted by molar-refractivity contribution is 0.530. The van der Waals surface area contributed by atoms with E-state index in [1.54, 1.807) is 6.07 Å². The van der Waals surface area contributed by atoms with E-state index in [9.17, 15) is 4.39 Å². The molecule has 0 aliphatic rings. The van der Waals surface area contributed by atoms with Crippen LogP contribution in [0.3, 0.4) is 0 Å². The molecule has 0 unspecified atom stereocenters. The number of rotatable bonds is 5. The molecule has 0 aliphatic carbocycles. The van der Waals surface area contributed by atoms with Gasteiger partial charge >= 0.3 is 0 Å². The molecule has 0 saturated carbocycles. The molecule has 0 heterocycles. The Morgan fingerprint density at radius 3 is 2.19 bits per heavy atom. The van der Waals surface area contributed by atoms with Crippen LogP contribution in [0.2, 0.25) is 0 Å². The van der Waals surface area contributed by atoms with E-state index in [0.717, 1.165) is 11.1 Å². The van der Waals surface area contributed by atoms with Gasteiger partial charge in [-0.1, -0.05) is 30.3 Å². The van der Waals surface area contributed by atoms with E-state index in [1.165, 1.54) is 17.2 Å². The molecule has 0 bridgehead atoms. The van der Waals surface area contributed by atoms with Crippen molar-refractivity contribution in [2.45, 2.75) is 25.7 Å². The van der Waals surface area contributed by atoms with Gasteiger partial charge in [0.1, 0.15) is 5.82 Å². The molecule has 0 atom stereocenters.